The van der Waals surface area contributed by atoms with Crippen LogP contribution < -0.4 is 31.1 Å². The van der Waals surface area contributed by atoms with Gasteiger partial charge in [-0.15, -0.1) is 0 Å². The number of nitrogens with two attached hydrogens (primary N) is 1. The quantitative estimate of drug-likeness (QED) is 0.156. The molecule has 312 valence electrons. The smallest absolute Gasteiger partial charge is 0.329 e. The van der Waals surface area contributed by atoms with Gasteiger partial charge in [-0.3, -0.25) is 20.2 Å². The predicted molar refractivity (Wildman–Crippen MR) is 244 cm³/mol. The Morgan fingerprint density at radius 3 is 2.05 bits per heavy atom. The molecule has 4 aliphatic heterocycles. The van der Waals surface area contributed by atoms with Gasteiger partial charge in [-0.1, -0.05) is 22.7 Å². The summed E-state index contributed by atoms with van der Waals surface area (Å²) in [6.07, 6.45) is 5.77. The maximum atomic E-state index is 13.5. The molecule has 0 unspecified atom stereocenters. The number of carbonyl (C=O) groups excluding carboxylic acids is 1. The van der Waals surface area contributed by atoms with Crippen LogP contribution in [0.4, 0.5) is 46.8 Å². The molecule has 0 spiro atoms. The predicted octanol–water partition coefficient (Wildman–Crippen LogP) is 9.31. The molecule has 6 aromatic heterocycles. The first-order valence-corrected chi connectivity index (χ1v) is 21.9. The van der Waals surface area contributed by atoms with Crippen LogP contribution in [0.15, 0.2) is 97.3 Å². The number of pyridine rings is 4. The lowest BCUT2D eigenvalue weighted by Gasteiger charge is -2.35. The number of nitrogen functional groups attached to an aromatic ring is 1. The van der Waals surface area contributed by atoms with Crippen molar-refractivity contribution < 1.29 is 13.6 Å². The lowest BCUT2D eigenvalue weighted by Crippen LogP contribution is -2.48. The Bertz CT molecular complexity index is 2960. The molecule has 0 aliphatic carbocycles. The summed E-state index contributed by atoms with van der Waals surface area (Å²) in [4.78, 5) is 46.6. The minimum atomic E-state index is -0.322. The zero-order valence-corrected chi connectivity index (χ0v) is 35.4. The first-order chi connectivity index (χ1) is 30.1. The minimum Gasteiger partial charge on any atom is -0.375 e. The summed E-state index contributed by atoms with van der Waals surface area (Å²) in [5.41, 5.74) is 14.7. The van der Waals surface area contributed by atoms with Gasteiger partial charge in [0.05, 0.1) is 49.2 Å². The topological polar surface area (TPSA) is 154 Å². The lowest BCUT2D eigenvalue weighted by molar-refractivity contribution is 0.255. The van der Waals surface area contributed by atoms with Gasteiger partial charge in [0.2, 0.25) is 0 Å². The van der Waals surface area contributed by atoms with Crippen LogP contribution in [0.25, 0.3) is 42.9 Å². The number of thiazole rings is 2. The number of halogens is 2. The van der Waals surface area contributed by atoms with E-state index >= 15 is 0 Å². The summed E-state index contributed by atoms with van der Waals surface area (Å²) in [5.74, 6) is 1.09. The molecule has 2 saturated heterocycles. The van der Waals surface area contributed by atoms with Gasteiger partial charge in [-0.25, -0.2) is 33.5 Å². The number of hydrogen-bond donors (Lipinski definition) is 3. The van der Waals surface area contributed by atoms with E-state index in [0.29, 0.717) is 32.3 Å². The number of aromatic nitrogens is 6. The highest BCUT2D eigenvalue weighted by atomic mass is 32.1. The summed E-state index contributed by atoms with van der Waals surface area (Å²) >= 11 is 2.55. The first kappa shape index (κ1) is 39.3. The van der Waals surface area contributed by atoms with Crippen LogP contribution in [-0.4, -0.2) is 74.2 Å². The number of hydrogen-bond acceptors (Lipinski definition) is 13. The number of carbonyl (C=O) groups is 1. The van der Waals surface area contributed by atoms with Gasteiger partial charge in [0, 0.05) is 67.1 Å². The van der Waals surface area contributed by atoms with Gasteiger partial charge in [-0.2, -0.15) is 0 Å². The van der Waals surface area contributed by atoms with Crippen LogP contribution >= 0.6 is 22.7 Å². The Labute approximate surface area is 363 Å². The van der Waals surface area contributed by atoms with Crippen LogP contribution in [-0.2, 0) is 0 Å². The number of fused-ring (bicyclic) bond motifs is 10. The largest absolute Gasteiger partial charge is 0.375 e. The molecule has 4 N–H and O–H groups in total. The van der Waals surface area contributed by atoms with Gasteiger partial charge in [0.25, 0.3) is 0 Å². The van der Waals surface area contributed by atoms with Crippen molar-refractivity contribution in [2.75, 3.05) is 57.2 Å². The molecule has 12 rings (SSSR count). The molecule has 4 aliphatic rings. The maximum absolute atomic E-state index is 13.5. The maximum Gasteiger partial charge on any atom is 0.329 e. The molecule has 0 radical (unpaired) electrons. The number of aryl methyl sites for hydroxylation is 2. The summed E-state index contributed by atoms with van der Waals surface area (Å²) in [5, 5.41) is 7.37. The van der Waals surface area contributed by atoms with E-state index in [-0.39, 0.29) is 23.7 Å². The second-order valence-corrected chi connectivity index (χ2v) is 17.6. The van der Waals surface area contributed by atoms with E-state index in [2.05, 4.69) is 58.6 Å². The fourth-order valence-electron chi connectivity index (χ4n) is 8.15. The average molecular weight is 867 g/mol. The Hall–Kier alpha value is -6.85. The van der Waals surface area contributed by atoms with Crippen molar-refractivity contribution in [2.45, 2.75) is 38.8 Å². The molecule has 62 heavy (non-hydrogen) atoms. The Morgan fingerprint density at radius 2 is 1.35 bits per heavy atom. The molecule has 10 heterocycles. The van der Waals surface area contributed by atoms with Crippen LogP contribution in [0.5, 0.6) is 0 Å². The normalized spacial score (nSPS) is 16.8. The van der Waals surface area contributed by atoms with Crippen molar-refractivity contribution in [3.8, 4) is 22.5 Å². The van der Waals surface area contributed by atoms with E-state index in [1.165, 1.54) is 59.0 Å². The fraction of sp³-hybridized carbons (Fsp3) is 0.222. The van der Waals surface area contributed by atoms with Crippen molar-refractivity contribution in [2.24, 2.45) is 0 Å². The van der Waals surface area contributed by atoms with E-state index in [0.717, 1.165) is 88.2 Å². The van der Waals surface area contributed by atoms with E-state index in [1.807, 2.05) is 50.4 Å². The van der Waals surface area contributed by atoms with Gasteiger partial charge in [0.15, 0.2) is 21.9 Å². The van der Waals surface area contributed by atoms with Crippen LogP contribution in [0, 0.1) is 25.5 Å². The summed E-state index contributed by atoms with van der Waals surface area (Å²) in [7, 11) is 0. The molecule has 13 nitrogen and oxygen atoms in total. The van der Waals surface area contributed by atoms with Crippen molar-refractivity contribution in [3.05, 3.63) is 120 Å². The van der Waals surface area contributed by atoms with Gasteiger partial charge < -0.3 is 20.9 Å². The van der Waals surface area contributed by atoms with Crippen molar-refractivity contribution in [3.63, 3.8) is 0 Å². The fourth-order valence-corrected chi connectivity index (χ4v) is 9.79. The molecule has 2 amide bonds. The number of amides is 2. The Kier molecular flexibility index (Phi) is 10.3. The number of nitrogens with zero attached hydrogens (tertiary/aromatic N) is 9. The molecule has 2 aromatic carbocycles. The van der Waals surface area contributed by atoms with Gasteiger partial charge in [0.1, 0.15) is 11.6 Å². The van der Waals surface area contributed by atoms with Gasteiger partial charge in [-0.05, 0) is 112 Å². The number of benzene rings is 2. The third kappa shape index (κ3) is 7.91. The molecule has 17 heteroatoms. The standard InChI is InChI=1S/C23H19FN6OS.C15H16N4.C7H5FN2S/c1-13-2-3-14(11-25-13)17-6-7-19-21(26-17)30(16-8-9-29(19)12-16)23(31)28-22-27-18-5-4-15(24)10-20(18)32-22;1-10-2-3-11(8-16-10)13-4-5-14-15(18-13)17-12-6-7-19(14)9-12;8-4-1-2-5-6(3-4)11-7(9)10-5/h2-7,10-11,16H,8-9,12H2,1H3,(H,27,28,31);2-5,8,12H,6-7,9H2,1H3,(H,17,18);1-3H,(H2,9,10)/t16-;12-;/m00./s1. The second-order valence-electron chi connectivity index (χ2n) is 15.5. The summed E-state index contributed by atoms with van der Waals surface area (Å²) in [6, 6.07) is 25.5. The number of nitrogens with one attached hydrogen (secondary N) is 2. The Morgan fingerprint density at radius 1 is 0.726 bits per heavy atom. The van der Waals surface area contributed by atoms with Gasteiger partial charge >= 0.3 is 6.03 Å². The SMILES string of the molecule is Cc1ccc(-c2ccc3c(n2)N(C(=O)Nc2nc4ccc(F)cc4s2)[C@H]2CCN3C2)cn1.Cc1ccc(-c2ccc3c(n2)N[C@H]2CCN3C2)cn1.Nc1nc2ccc(F)cc2s1. The molecule has 0 saturated carbocycles. The Balaban J connectivity index is 0.000000128. The number of rotatable bonds is 3. The van der Waals surface area contributed by atoms with Crippen molar-refractivity contribution in [1.29, 1.82) is 0 Å². The minimum absolute atomic E-state index is 0.0354. The van der Waals surface area contributed by atoms with Crippen LogP contribution in [0.2, 0.25) is 0 Å². The molecular formula is C45H40F2N12OS2. The van der Waals surface area contributed by atoms with E-state index in [9.17, 15) is 13.6 Å². The number of anilines is 6. The number of urea groups is 1. The third-order valence-corrected chi connectivity index (χ3v) is 13.0. The molecule has 8 aromatic rings. The third-order valence-electron chi connectivity index (χ3n) is 11.3. The second kappa shape index (κ2) is 16.2. The highest BCUT2D eigenvalue weighted by molar-refractivity contribution is 7.22. The van der Waals surface area contributed by atoms with Crippen molar-refractivity contribution in [1.82, 2.24) is 29.9 Å². The lowest BCUT2D eigenvalue weighted by atomic mass is 10.1. The first-order valence-electron chi connectivity index (χ1n) is 20.2. The van der Waals surface area contributed by atoms with E-state index in [4.69, 9.17) is 15.7 Å². The summed E-state index contributed by atoms with van der Waals surface area (Å²) in [6.45, 7) is 7.85. The molecular weight excluding hydrogens is 827 g/mol. The molecule has 2 fully saturated rings. The zero-order valence-electron chi connectivity index (χ0n) is 33.7. The molecule has 4 bridgehead atoms. The van der Waals surface area contributed by atoms with Crippen molar-refractivity contribution >= 4 is 82.4 Å². The van der Waals surface area contributed by atoms with E-state index < -0.39 is 0 Å². The average Bonchev–Trinajstić information content (AvgIpc) is 4.06. The highest BCUT2D eigenvalue weighted by Crippen LogP contribution is 2.41. The monoisotopic (exact) mass is 866 g/mol. The molecule has 2 atom stereocenters. The summed E-state index contributed by atoms with van der Waals surface area (Å²) < 4.78 is 27.6. The van der Waals surface area contributed by atoms with Crippen LogP contribution in [0.3, 0.4) is 0 Å². The highest BCUT2D eigenvalue weighted by Gasteiger charge is 2.40. The zero-order chi connectivity index (χ0) is 42.5. The van der Waals surface area contributed by atoms with Crippen LogP contribution in [0.1, 0.15) is 24.2 Å². The van der Waals surface area contributed by atoms with E-state index in [1.54, 1.807) is 23.2 Å².